The zero-order valence-corrected chi connectivity index (χ0v) is 27.5. The van der Waals surface area contributed by atoms with E-state index in [0.29, 0.717) is 0 Å². The van der Waals surface area contributed by atoms with E-state index in [1.165, 1.54) is 43.7 Å². The van der Waals surface area contributed by atoms with E-state index in [0.717, 1.165) is 33.9 Å². The number of aromatic nitrogens is 1. The first kappa shape index (κ1) is 29.5. The van der Waals surface area contributed by atoms with Crippen molar-refractivity contribution in [1.82, 2.24) is 4.57 Å². The first-order valence-electron chi connectivity index (χ1n) is 17.1. The molecule has 0 aliphatic carbocycles. The molecule has 9 rings (SSSR count). The van der Waals surface area contributed by atoms with Gasteiger partial charge in [0.05, 0.1) is 16.7 Å². The Hall–Kier alpha value is -6.64. The summed E-state index contributed by atoms with van der Waals surface area (Å²) >= 11 is 0. The molecule has 236 valence electrons. The predicted molar refractivity (Wildman–Crippen MR) is 213 cm³/mol. The Balaban J connectivity index is 1.12. The summed E-state index contributed by atoms with van der Waals surface area (Å²) in [6.45, 7) is 0. The van der Waals surface area contributed by atoms with Crippen LogP contribution in [0.5, 0.6) is 0 Å². The summed E-state index contributed by atoms with van der Waals surface area (Å²) in [5, 5.41) is 4.99. The van der Waals surface area contributed by atoms with Crippen molar-refractivity contribution >= 4 is 61.3 Å². The lowest BCUT2D eigenvalue weighted by atomic mass is 9.95. The standard InChI is InChI=1S/C48H34N2/c1-3-14-37(15-4-1)45(34-35-26-30-41(31-27-35)50-47-23-11-9-21-43(47)44-22-10-12-24-48(44)50)38-28-32-40(33-29-38)49(39-18-5-2-6-19-39)46-25-13-17-36-16-7-8-20-42(36)46/h1-34H. The van der Waals surface area contributed by atoms with Gasteiger partial charge in [-0.3, -0.25) is 0 Å². The van der Waals surface area contributed by atoms with Gasteiger partial charge in [0.2, 0.25) is 0 Å². The van der Waals surface area contributed by atoms with Crippen LogP contribution in [0.15, 0.2) is 200 Å². The highest BCUT2D eigenvalue weighted by molar-refractivity contribution is 6.09. The molecule has 0 aliphatic heterocycles. The van der Waals surface area contributed by atoms with Crippen molar-refractivity contribution in [3.8, 4) is 5.69 Å². The molecule has 0 spiro atoms. The van der Waals surface area contributed by atoms with Gasteiger partial charge in [-0.2, -0.15) is 0 Å². The van der Waals surface area contributed by atoms with Crippen LogP contribution in [0.2, 0.25) is 0 Å². The van der Waals surface area contributed by atoms with Crippen LogP contribution >= 0.6 is 0 Å². The lowest BCUT2D eigenvalue weighted by Gasteiger charge is -2.27. The number of rotatable bonds is 7. The molecule has 8 aromatic carbocycles. The van der Waals surface area contributed by atoms with Crippen molar-refractivity contribution in [3.05, 3.63) is 217 Å². The number of hydrogen-bond donors (Lipinski definition) is 0. The van der Waals surface area contributed by atoms with E-state index in [1.807, 2.05) is 0 Å². The Morgan fingerprint density at radius 3 is 1.60 bits per heavy atom. The average molecular weight is 639 g/mol. The minimum absolute atomic E-state index is 1.11. The molecular formula is C48H34N2. The summed E-state index contributed by atoms with van der Waals surface area (Å²) in [4.78, 5) is 2.35. The summed E-state index contributed by atoms with van der Waals surface area (Å²) in [7, 11) is 0. The molecule has 50 heavy (non-hydrogen) atoms. The van der Waals surface area contributed by atoms with Crippen LogP contribution in [-0.4, -0.2) is 4.57 Å². The largest absolute Gasteiger partial charge is 0.310 e. The quantitative estimate of drug-likeness (QED) is 0.158. The summed E-state index contributed by atoms with van der Waals surface area (Å²) in [5.74, 6) is 0. The van der Waals surface area contributed by atoms with Crippen molar-refractivity contribution in [2.75, 3.05) is 4.90 Å². The fourth-order valence-electron chi connectivity index (χ4n) is 7.24. The Bertz CT molecular complexity index is 2560. The summed E-state index contributed by atoms with van der Waals surface area (Å²) in [6.07, 6.45) is 2.31. The smallest absolute Gasteiger partial charge is 0.0541 e. The van der Waals surface area contributed by atoms with Gasteiger partial charge in [-0.1, -0.05) is 146 Å². The molecule has 0 saturated heterocycles. The zero-order valence-electron chi connectivity index (χ0n) is 27.5. The van der Waals surface area contributed by atoms with Gasteiger partial charge in [0.15, 0.2) is 0 Å². The normalized spacial score (nSPS) is 11.7. The third-order valence-electron chi connectivity index (χ3n) is 9.59. The highest BCUT2D eigenvalue weighted by Gasteiger charge is 2.16. The van der Waals surface area contributed by atoms with Crippen LogP contribution in [0, 0.1) is 0 Å². The lowest BCUT2D eigenvalue weighted by molar-refractivity contribution is 1.18. The van der Waals surface area contributed by atoms with Gasteiger partial charge in [0.25, 0.3) is 0 Å². The monoisotopic (exact) mass is 638 g/mol. The maximum Gasteiger partial charge on any atom is 0.0541 e. The van der Waals surface area contributed by atoms with Crippen molar-refractivity contribution < 1.29 is 0 Å². The number of para-hydroxylation sites is 3. The van der Waals surface area contributed by atoms with Crippen molar-refractivity contribution in [1.29, 1.82) is 0 Å². The Kier molecular flexibility index (Phi) is 7.53. The van der Waals surface area contributed by atoms with E-state index in [4.69, 9.17) is 0 Å². The first-order valence-corrected chi connectivity index (χ1v) is 17.1. The van der Waals surface area contributed by atoms with Gasteiger partial charge in [0.1, 0.15) is 0 Å². The molecule has 0 aliphatic rings. The number of nitrogens with zero attached hydrogens (tertiary/aromatic N) is 2. The topological polar surface area (TPSA) is 8.17 Å². The molecule has 1 aromatic heterocycles. The minimum atomic E-state index is 1.11. The minimum Gasteiger partial charge on any atom is -0.310 e. The van der Waals surface area contributed by atoms with Gasteiger partial charge in [-0.15, -0.1) is 0 Å². The molecule has 0 fully saturated rings. The first-order chi connectivity index (χ1) is 24.8. The van der Waals surface area contributed by atoms with Gasteiger partial charge in [-0.05, 0) is 88.3 Å². The Morgan fingerprint density at radius 2 is 0.920 bits per heavy atom. The Morgan fingerprint density at radius 1 is 0.400 bits per heavy atom. The summed E-state index contributed by atoms with van der Waals surface area (Å²) < 4.78 is 2.36. The molecule has 9 aromatic rings. The van der Waals surface area contributed by atoms with Gasteiger partial charge >= 0.3 is 0 Å². The second-order valence-corrected chi connectivity index (χ2v) is 12.6. The maximum atomic E-state index is 2.36. The number of benzene rings is 8. The van der Waals surface area contributed by atoms with Crippen molar-refractivity contribution in [3.63, 3.8) is 0 Å². The van der Waals surface area contributed by atoms with Crippen LogP contribution in [0.4, 0.5) is 17.1 Å². The number of anilines is 3. The molecule has 0 unspecified atom stereocenters. The van der Waals surface area contributed by atoms with Crippen LogP contribution in [-0.2, 0) is 0 Å². The molecule has 2 nitrogen and oxygen atoms in total. The van der Waals surface area contributed by atoms with Crippen LogP contribution in [0.25, 0.3) is 49.9 Å². The highest BCUT2D eigenvalue weighted by Crippen LogP contribution is 2.40. The summed E-state index contributed by atoms with van der Waals surface area (Å²) in [5.41, 5.74) is 11.7. The molecule has 0 saturated carbocycles. The van der Waals surface area contributed by atoms with Gasteiger partial charge in [0, 0.05) is 33.2 Å². The van der Waals surface area contributed by atoms with Crippen LogP contribution < -0.4 is 4.90 Å². The van der Waals surface area contributed by atoms with E-state index in [-0.39, 0.29) is 0 Å². The average Bonchev–Trinajstić information content (AvgIpc) is 3.53. The van der Waals surface area contributed by atoms with E-state index >= 15 is 0 Å². The molecule has 0 amide bonds. The van der Waals surface area contributed by atoms with E-state index < -0.39 is 0 Å². The zero-order chi connectivity index (χ0) is 33.3. The van der Waals surface area contributed by atoms with Gasteiger partial charge in [-0.25, -0.2) is 0 Å². The maximum absolute atomic E-state index is 2.36. The second kappa shape index (κ2) is 12.8. The molecule has 0 N–H and O–H groups in total. The van der Waals surface area contributed by atoms with Gasteiger partial charge < -0.3 is 9.47 Å². The van der Waals surface area contributed by atoms with Crippen LogP contribution in [0.1, 0.15) is 16.7 Å². The predicted octanol–water partition coefficient (Wildman–Crippen LogP) is 13.0. The molecular weight excluding hydrogens is 605 g/mol. The molecule has 1 heterocycles. The lowest BCUT2D eigenvalue weighted by Crippen LogP contribution is -2.10. The number of fused-ring (bicyclic) bond motifs is 4. The molecule has 0 atom stereocenters. The molecule has 2 heteroatoms. The van der Waals surface area contributed by atoms with Crippen molar-refractivity contribution in [2.45, 2.75) is 0 Å². The third-order valence-corrected chi connectivity index (χ3v) is 9.59. The van der Waals surface area contributed by atoms with E-state index in [2.05, 4.69) is 216 Å². The third kappa shape index (κ3) is 5.34. The number of hydrogen-bond acceptors (Lipinski definition) is 1. The van der Waals surface area contributed by atoms with Crippen molar-refractivity contribution in [2.24, 2.45) is 0 Å². The highest BCUT2D eigenvalue weighted by atomic mass is 15.1. The van der Waals surface area contributed by atoms with Crippen LogP contribution in [0.3, 0.4) is 0 Å². The SMILES string of the molecule is C(=C(c1ccccc1)c1ccc(N(c2ccccc2)c2cccc3ccccc23)cc1)c1ccc(-n2c3ccccc3c3ccccc32)cc1. The van der Waals surface area contributed by atoms with E-state index in [9.17, 15) is 0 Å². The molecule has 0 bridgehead atoms. The Labute approximate surface area is 292 Å². The van der Waals surface area contributed by atoms with E-state index in [1.54, 1.807) is 0 Å². The fourth-order valence-corrected chi connectivity index (χ4v) is 7.24. The summed E-state index contributed by atoms with van der Waals surface area (Å²) in [6, 6.07) is 71.7. The second-order valence-electron chi connectivity index (χ2n) is 12.6. The molecule has 0 radical (unpaired) electrons. The fraction of sp³-hybridized carbons (Fsp3) is 0.